The number of nitrogens with zero attached hydrogens (tertiary/aromatic N) is 1. The quantitative estimate of drug-likeness (QED) is 0.793. The van der Waals surface area contributed by atoms with Crippen molar-refractivity contribution in [2.45, 2.75) is 18.3 Å². The van der Waals surface area contributed by atoms with Gasteiger partial charge < -0.3 is 4.90 Å². The Hall–Kier alpha value is -1.24. The average molecular weight is 278 g/mol. The fourth-order valence-electron chi connectivity index (χ4n) is 1.75. The van der Waals surface area contributed by atoms with Crippen LogP contribution >= 0.6 is 11.8 Å². The van der Waals surface area contributed by atoms with Crippen molar-refractivity contribution in [2.75, 3.05) is 11.4 Å². The second-order valence-electron chi connectivity index (χ2n) is 4.01. The van der Waals surface area contributed by atoms with Gasteiger partial charge in [-0.2, -0.15) is 13.2 Å². The van der Waals surface area contributed by atoms with E-state index in [1.807, 2.05) is 6.92 Å². The fourth-order valence-corrected chi connectivity index (χ4v) is 2.66. The topological polar surface area (TPSA) is 27.1 Å². The van der Waals surface area contributed by atoms with E-state index in [1.54, 1.807) is 0 Å². The van der Waals surface area contributed by atoms with Crippen molar-refractivity contribution in [1.82, 2.24) is 0 Å². The van der Waals surface area contributed by atoms with Gasteiger partial charge in [-0.1, -0.05) is 18.7 Å². The molecule has 98 valence electrons. The number of anilines is 1. The lowest BCUT2D eigenvalue weighted by Gasteiger charge is -2.19. The second-order valence-corrected chi connectivity index (χ2v) is 5.43. The first-order chi connectivity index (χ1) is 8.29. The van der Waals surface area contributed by atoms with E-state index in [2.05, 4.69) is 0 Å². The highest BCUT2D eigenvalue weighted by Gasteiger charge is 2.35. The number of hydrogen-bond acceptors (Lipinski definition) is 2. The average Bonchev–Trinajstić information content (AvgIpc) is 2.57. The van der Waals surface area contributed by atoms with Gasteiger partial charge in [-0.3, -0.25) is 5.41 Å². The molecule has 0 aromatic heterocycles. The van der Waals surface area contributed by atoms with Crippen LogP contribution < -0.4 is 4.90 Å². The molecule has 0 radical (unpaired) electrons. The molecule has 1 heterocycles. The van der Waals surface area contributed by atoms with Crippen LogP contribution in [0.5, 0.6) is 0 Å². The Bertz CT molecular complexity index is 486. The van der Waals surface area contributed by atoms with Crippen molar-refractivity contribution in [1.29, 1.82) is 5.41 Å². The second kappa shape index (κ2) is 4.46. The summed E-state index contributed by atoms with van der Waals surface area (Å²) in [6, 6.07) is 2.80. The number of amidine groups is 1. The lowest BCUT2D eigenvalue weighted by atomic mass is 10.1. The summed E-state index contributed by atoms with van der Waals surface area (Å²) in [6.45, 7) is 2.33. The molecule has 1 unspecified atom stereocenters. The number of thioether (sulfide) groups is 1. The smallest absolute Gasteiger partial charge is 0.320 e. The normalized spacial score (nSPS) is 20.6. The molecule has 1 aliphatic rings. The van der Waals surface area contributed by atoms with E-state index >= 15 is 0 Å². The SMILES string of the molecule is CC1CN(c2ccc(F)c(C(F)(F)F)c2)C(=N)S1. The van der Waals surface area contributed by atoms with Gasteiger partial charge in [0.05, 0.1) is 5.56 Å². The van der Waals surface area contributed by atoms with Crippen LogP contribution in [0.4, 0.5) is 23.2 Å². The minimum absolute atomic E-state index is 0.136. The fraction of sp³-hybridized carbons (Fsp3) is 0.364. The summed E-state index contributed by atoms with van der Waals surface area (Å²) in [5.41, 5.74) is -1.09. The Morgan fingerprint density at radius 1 is 1.39 bits per heavy atom. The van der Waals surface area contributed by atoms with Crippen LogP contribution in [0, 0.1) is 11.2 Å². The monoisotopic (exact) mass is 278 g/mol. The van der Waals surface area contributed by atoms with Crippen LogP contribution in [0.15, 0.2) is 18.2 Å². The molecule has 2 nitrogen and oxygen atoms in total. The van der Waals surface area contributed by atoms with E-state index in [1.165, 1.54) is 22.7 Å². The van der Waals surface area contributed by atoms with Crippen molar-refractivity contribution in [2.24, 2.45) is 0 Å². The Morgan fingerprint density at radius 3 is 2.56 bits per heavy atom. The minimum Gasteiger partial charge on any atom is -0.320 e. The van der Waals surface area contributed by atoms with Crippen molar-refractivity contribution in [3.05, 3.63) is 29.6 Å². The van der Waals surface area contributed by atoms with Crippen molar-refractivity contribution < 1.29 is 17.6 Å². The molecule has 2 rings (SSSR count). The predicted molar refractivity (Wildman–Crippen MR) is 63.5 cm³/mol. The van der Waals surface area contributed by atoms with Gasteiger partial charge in [0.2, 0.25) is 0 Å². The first kappa shape index (κ1) is 13.2. The number of rotatable bonds is 1. The predicted octanol–water partition coefficient (Wildman–Crippen LogP) is 3.72. The summed E-state index contributed by atoms with van der Waals surface area (Å²) in [5.74, 6) is -1.29. The largest absolute Gasteiger partial charge is 0.419 e. The number of hydrogen-bond donors (Lipinski definition) is 1. The molecule has 0 saturated carbocycles. The van der Waals surface area contributed by atoms with Crippen molar-refractivity contribution >= 4 is 22.6 Å². The van der Waals surface area contributed by atoms with E-state index in [0.29, 0.717) is 6.54 Å². The summed E-state index contributed by atoms with van der Waals surface area (Å²) >= 11 is 1.28. The number of nitrogens with one attached hydrogen (secondary N) is 1. The first-order valence-corrected chi connectivity index (χ1v) is 6.06. The maximum atomic E-state index is 13.1. The zero-order valence-electron chi connectivity index (χ0n) is 9.38. The van der Waals surface area contributed by atoms with E-state index < -0.39 is 17.6 Å². The van der Waals surface area contributed by atoms with Gasteiger partial charge in [0, 0.05) is 17.5 Å². The van der Waals surface area contributed by atoms with E-state index in [4.69, 9.17) is 5.41 Å². The highest BCUT2D eigenvalue weighted by Crippen LogP contribution is 2.36. The van der Waals surface area contributed by atoms with Gasteiger partial charge in [-0.05, 0) is 18.2 Å². The van der Waals surface area contributed by atoms with E-state index in [9.17, 15) is 17.6 Å². The van der Waals surface area contributed by atoms with Crippen LogP contribution in [0.1, 0.15) is 12.5 Å². The number of halogens is 4. The summed E-state index contributed by atoms with van der Waals surface area (Å²) < 4.78 is 50.8. The molecule has 1 N–H and O–H groups in total. The summed E-state index contributed by atoms with van der Waals surface area (Å²) in [6.07, 6.45) is -4.72. The standard InChI is InChI=1S/C11H10F4N2S/c1-6-5-17(10(16)18-6)7-2-3-9(12)8(4-7)11(13,14)15/h2-4,6,16H,5H2,1H3. The molecule has 0 spiro atoms. The first-order valence-electron chi connectivity index (χ1n) is 5.18. The molecule has 1 fully saturated rings. The van der Waals surface area contributed by atoms with Crippen LogP contribution in [0.25, 0.3) is 0 Å². The Kier molecular flexibility index (Phi) is 3.27. The van der Waals surface area contributed by atoms with Gasteiger partial charge in [-0.25, -0.2) is 4.39 Å². The summed E-state index contributed by atoms with van der Waals surface area (Å²) in [5, 5.41) is 7.99. The van der Waals surface area contributed by atoms with Crippen LogP contribution in [0.2, 0.25) is 0 Å². The van der Waals surface area contributed by atoms with Gasteiger partial charge in [0.25, 0.3) is 0 Å². The Labute approximate surface area is 105 Å². The van der Waals surface area contributed by atoms with Crippen LogP contribution in [-0.2, 0) is 6.18 Å². The Morgan fingerprint density at radius 2 is 2.06 bits per heavy atom. The molecule has 18 heavy (non-hydrogen) atoms. The zero-order chi connectivity index (χ0) is 13.5. The molecule has 1 aromatic carbocycles. The molecule has 7 heteroatoms. The molecular formula is C11H10F4N2S. The van der Waals surface area contributed by atoms with Gasteiger partial charge >= 0.3 is 6.18 Å². The molecule has 0 amide bonds. The molecule has 0 bridgehead atoms. The van der Waals surface area contributed by atoms with Gasteiger partial charge in [-0.15, -0.1) is 0 Å². The third-order valence-electron chi connectivity index (χ3n) is 2.56. The van der Waals surface area contributed by atoms with E-state index in [0.717, 1.165) is 12.1 Å². The van der Waals surface area contributed by atoms with Crippen molar-refractivity contribution in [3.63, 3.8) is 0 Å². The molecule has 0 aliphatic carbocycles. The summed E-state index contributed by atoms with van der Waals surface area (Å²) in [4.78, 5) is 1.45. The maximum absolute atomic E-state index is 13.1. The lowest BCUT2D eigenvalue weighted by molar-refractivity contribution is -0.139. The third-order valence-corrected chi connectivity index (χ3v) is 3.56. The van der Waals surface area contributed by atoms with Crippen LogP contribution in [0.3, 0.4) is 0 Å². The molecule has 1 saturated heterocycles. The molecule has 1 aliphatic heterocycles. The minimum atomic E-state index is -4.72. The maximum Gasteiger partial charge on any atom is 0.419 e. The van der Waals surface area contributed by atoms with E-state index in [-0.39, 0.29) is 16.1 Å². The number of alkyl halides is 3. The Balaban J connectivity index is 2.39. The third kappa shape index (κ3) is 2.45. The highest BCUT2D eigenvalue weighted by molar-refractivity contribution is 8.15. The summed E-state index contributed by atoms with van der Waals surface area (Å²) in [7, 11) is 0. The lowest BCUT2D eigenvalue weighted by Crippen LogP contribution is -2.24. The molecule has 1 atom stereocenters. The van der Waals surface area contributed by atoms with Gasteiger partial charge in [0.15, 0.2) is 5.17 Å². The molecule has 1 aromatic rings. The van der Waals surface area contributed by atoms with Gasteiger partial charge in [0.1, 0.15) is 5.82 Å². The zero-order valence-corrected chi connectivity index (χ0v) is 10.2. The number of benzene rings is 1. The highest BCUT2D eigenvalue weighted by atomic mass is 32.2. The van der Waals surface area contributed by atoms with Crippen molar-refractivity contribution in [3.8, 4) is 0 Å². The van der Waals surface area contributed by atoms with Crippen LogP contribution in [-0.4, -0.2) is 17.0 Å². The molecular weight excluding hydrogens is 268 g/mol.